The van der Waals surface area contributed by atoms with Crippen LogP contribution >= 0.6 is 0 Å². The van der Waals surface area contributed by atoms with Gasteiger partial charge in [0.2, 0.25) is 0 Å². The van der Waals surface area contributed by atoms with Gasteiger partial charge in [0.1, 0.15) is 16.7 Å². The van der Waals surface area contributed by atoms with Crippen molar-refractivity contribution in [2.45, 2.75) is 13.8 Å². The van der Waals surface area contributed by atoms with Gasteiger partial charge in [-0.2, -0.15) is 0 Å². The molecule has 3 rings (SSSR count). The van der Waals surface area contributed by atoms with Crippen LogP contribution in [0.1, 0.15) is 13.8 Å². The van der Waals surface area contributed by atoms with Crippen molar-refractivity contribution in [3.05, 3.63) is 47.8 Å². The van der Waals surface area contributed by atoms with E-state index in [0.29, 0.717) is 5.36 Å². The van der Waals surface area contributed by atoms with Crippen LogP contribution in [-0.2, 0) is 0 Å². The van der Waals surface area contributed by atoms with Gasteiger partial charge in [-0.1, -0.05) is 5.16 Å². The molecule has 108 valence electrons. The minimum Gasteiger partial charge on any atom is -0.456 e. The van der Waals surface area contributed by atoms with E-state index in [2.05, 4.69) is 48.2 Å². The van der Waals surface area contributed by atoms with Gasteiger partial charge in [-0.25, -0.2) is 0 Å². The fourth-order valence-corrected chi connectivity index (χ4v) is 2.60. The summed E-state index contributed by atoms with van der Waals surface area (Å²) in [7, 11) is 0. The van der Waals surface area contributed by atoms with Crippen molar-refractivity contribution in [3.8, 4) is 11.3 Å². The van der Waals surface area contributed by atoms with Crippen molar-refractivity contribution < 1.29 is 9.62 Å². The lowest BCUT2D eigenvalue weighted by molar-refractivity contribution is 0.301. The average molecular weight is 282 g/mol. The van der Waals surface area contributed by atoms with Crippen LogP contribution < -0.4 is 10.3 Å². The fourth-order valence-electron chi connectivity index (χ4n) is 2.60. The van der Waals surface area contributed by atoms with Gasteiger partial charge in [-0.15, -0.1) is 0 Å². The molecule has 0 aromatic heterocycles. The van der Waals surface area contributed by atoms with Crippen LogP contribution in [0.3, 0.4) is 0 Å². The van der Waals surface area contributed by atoms with Crippen molar-refractivity contribution in [3.63, 3.8) is 0 Å². The third-order valence-corrected chi connectivity index (χ3v) is 3.77. The summed E-state index contributed by atoms with van der Waals surface area (Å²) in [4.78, 5) is 2.28. The van der Waals surface area contributed by atoms with E-state index >= 15 is 0 Å². The highest BCUT2D eigenvalue weighted by molar-refractivity contribution is 5.85. The normalized spacial score (nSPS) is 12.2. The molecule has 1 aliphatic carbocycles. The van der Waals surface area contributed by atoms with E-state index < -0.39 is 0 Å². The van der Waals surface area contributed by atoms with Crippen LogP contribution in [0.4, 0.5) is 5.69 Å². The minimum absolute atomic E-state index is 0.491. The second-order valence-corrected chi connectivity index (χ2v) is 4.96. The minimum atomic E-state index is 0.491. The van der Waals surface area contributed by atoms with Crippen molar-refractivity contribution >= 4 is 16.7 Å². The van der Waals surface area contributed by atoms with Gasteiger partial charge in [-0.05, 0) is 44.2 Å². The lowest BCUT2D eigenvalue weighted by Crippen LogP contribution is -2.21. The van der Waals surface area contributed by atoms with Crippen LogP contribution in [0.2, 0.25) is 0 Å². The van der Waals surface area contributed by atoms with Gasteiger partial charge in [0.05, 0.1) is 0 Å². The van der Waals surface area contributed by atoms with Gasteiger partial charge >= 0.3 is 0 Å². The maximum Gasteiger partial charge on any atom is 0.136 e. The Morgan fingerprint density at radius 1 is 1.05 bits per heavy atom. The maximum atomic E-state index is 8.87. The quantitative estimate of drug-likeness (QED) is 0.453. The first-order valence-electron chi connectivity index (χ1n) is 7.16. The van der Waals surface area contributed by atoms with Gasteiger partial charge in [0.15, 0.2) is 0 Å². The molecule has 0 saturated heterocycles. The van der Waals surface area contributed by atoms with Crippen molar-refractivity contribution in [2.24, 2.45) is 5.16 Å². The van der Waals surface area contributed by atoms with Crippen LogP contribution in [0, 0.1) is 0 Å². The lowest BCUT2D eigenvalue weighted by Gasteiger charge is -2.21. The Hall–Kier alpha value is -2.49. The summed E-state index contributed by atoms with van der Waals surface area (Å²) in [6.07, 6.45) is 0. The summed E-state index contributed by atoms with van der Waals surface area (Å²) in [5, 5.41) is 13.6. The summed E-state index contributed by atoms with van der Waals surface area (Å²) in [6, 6.07) is 13.7. The van der Waals surface area contributed by atoms with E-state index in [1.807, 2.05) is 6.07 Å². The van der Waals surface area contributed by atoms with Gasteiger partial charge in [-0.3, -0.25) is 0 Å². The van der Waals surface area contributed by atoms with Crippen LogP contribution in [0.15, 0.2) is 52.0 Å². The standard InChI is InChI=1S/C17H18N2O2/c1-3-19(4-2)15-8-6-13-9-12-5-7-14(18-20)10-16(12)21-17(13)11-15/h5-11,20H,3-4H2,1-2H3. The molecule has 0 bridgehead atoms. The molecule has 1 aromatic rings. The number of rotatable bonds is 3. The zero-order chi connectivity index (χ0) is 14.8. The molecule has 0 fully saturated rings. The Morgan fingerprint density at radius 3 is 2.57 bits per heavy atom. The van der Waals surface area contributed by atoms with E-state index in [1.165, 1.54) is 0 Å². The first kappa shape index (κ1) is 13.5. The molecule has 1 heterocycles. The Bertz CT molecular complexity index is 803. The Labute approximate surface area is 123 Å². The first-order chi connectivity index (χ1) is 10.2. The SMILES string of the molecule is CCN(CC)c1ccc2cc3ccc(=NO)cc-3oc2c1. The zero-order valence-electron chi connectivity index (χ0n) is 12.2. The second-order valence-electron chi connectivity index (χ2n) is 4.96. The molecular formula is C17H18N2O2. The monoisotopic (exact) mass is 282 g/mol. The summed E-state index contributed by atoms with van der Waals surface area (Å²) in [5.74, 6) is 0.717. The zero-order valence-corrected chi connectivity index (χ0v) is 12.2. The van der Waals surface area contributed by atoms with Crippen LogP contribution in [-0.4, -0.2) is 18.3 Å². The van der Waals surface area contributed by atoms with Crippen molar-refractivity contribution in [1.29, 1.82) is 0 Å². The molecule has 1 aromatic carbocycles. The highest BCUT2D eigenvalue weighted by atomic mass is 16.4. The van der Waals surface area contributed by atoms with Gasteiger partial charge < -0.3 is 14.5 Å². The number of anilines is 1. The molecule has 1 N–H and O–H groups in total. The number of hydrogen-bond donors (Lipinski definition) is 1. The van der Waals surface area contributed by atoms with Gasteiger partial charge in [0.25, 0.3) is 0 Å². The van der Waals surface area contributed by atoms with E-state index in [9.17, 15) is 0 Å². The molecular weight excluding hydrogens is 264 g/mol. The number of fused-ring (bicyclic) bond motifs is 2. The molecule has 0 saturated carbocycles. The van der Waals surface area contributed by atoms with E-state index in [4.69, 9.17) is 9.62 Å². The van der Waals surface area contributed by atoms with E-state index in [-0.39, 0.29) is 0 Å². The fraction of sp³-hybridized carbons (Fsp3) is 0.235. The molecule has 2 aliphatic rings. The lowest BCUT2D eigenvalue weighted by atomic mass is 10.1. The predicted molar refractivity (Wildman–Crippen MR) is 83.7 cm³/mol. The van der Waals surface area contributed by atoms with Crippen molar-refractivity contribution in [2.75, 3.05) is 18.0 Å². The number of benzene rings is 2. The smallest absolute Gasteiger partial charge is 0.136 e. The third kappa shape index (κ3) is 2.44. The molecule has 0 radical (unpaired) electrons. The average Bonchev–Trinajstić information content (AvgIpc) is 2.53. The Kier molecular flexibility index (Phi) is 3.52. The summed E-state index contributed by atoms with van der Waals surface area (Å²) in [6.45, 7) is 6.20. The Balaban J connectivity index is 2.20. The number of hydrogen-bond acceptors (Lipinski definition) is 4. The second kappa shape index (κ2) is 5.48. The summed E-state index contributed by atoms with van der Waals surface area (Å²) in [5.41, 5.74) is 2.98. The Morgan fingerprint density at radius 2 is 1.86 bits per heavy atom. The maximum absolute atomic E-state index is 8.87. The molecule has 0 atom stereocenters. The summed E-state index contributed by atoms with van der Waals surface area (Å²) >= 11 is 0. The molecule has 0 spiro atoms. The largest absolute Gasteiger partial charge is 0.456 e. The summed E-state index contributed by atoms with van der Waals surface area (Å²) < 4.78 is 5.97. The van der Waals surface area contributed by atoms with E-state index in [0.717, 1.165) is 41.1 Å². The highest BCUT2D eigenvalue weighted by Crippen LogP contribution is 2.29. The topological polar surface area (TPSA) is 49.0 Å². The molecule has 0 unspecified atom stereocenters. The first-order valence-corrected chi connectivity index (χ1v) is 7.16. The van der Waals surface area contributed by atoms with E-state index in [1.54, 1.807) is 12.1 Å². The van der Waals surface area contributed by atoms with Crippen LogP contribution in [0.5, 0.6) is 0 Å². The molecule has 0 amide bonds. The van der Waals surface area contributed by atoms with Crippen molar-refractivity contribution in [1.82, 2.24) is 0 Å². The van der Waals surface area contributed by atoms with Gasteiger partial charge in [0, 0.05) is 41.9 Å². The molecule has 4 nitrogen and oxygen atoms in total. The van der Waals surface area contributed by atoms with Crippen LogP contribution in [0.25, 0.3) is 22.3 Å². The highest BCUT2D eigenvalue weighted by Gasteiger charge is 2.09. The predicted octanol–water partition coefficient (Wildman–Crippen LogP) is 3.67. The number of nitrogens with zero attached hydrogens (tertiary/aromatic N) is 2. The molecule has 21 heavy (non-hydrogen) atoms. The third-order valence-electron chi connectivity index (χ3n) is 3.77. The molecule has 1 aliphatic heterocycles. The molecule has 4 heteroatoms.